The van der Waals surface area contributed by atoms with Crippen molar-refractivity contribution in [2.45, 2.75) is 189 Å². The van der Waals surface area contributed by atoms with Crippen molar-refractivity contribution in [3.05, 3.63) is 58.7 Å². The fourth-order valence-corrected chi connectivity index (χ4v) is 6.62. The number of phenols is 2. The highest BCUT2D eigenvalue weighted by Crippen LogP contribution is 2.36. The summed E-state index contributed by atoms with van der Waals surface area (Å²) in [5.41, 5.74) is 14.5. The standard InChI is InChI=1S/C53H96N4O12/c1-35(25-60-39(5)29-64-43(9)33-68-45(11)31-66-41(7)27-62-37(3)21-54)56-23-47-19-49(15-17-51(47)58)53(13,14)50-16-18-52(59)48(20-50)24-57-36(2)26-61-40(6)30-65-44(10)34-69-46(12)32-67-42(8)28-63-38(4)22-55/h15-20,35-46,56-59H,21-34,54-55H2,1-14H3. The van der Waals surface area contributed by atoms with Crippen LogP contribution in [0.1, 0.15) is 119 Å². The molecule has 0 heterocycles. The molecule has 2 aromatic carbocycles. The molecule has 2 aromatic rings. The Balaban J connectivity index is 1.76. The minimum atomic E-state index is -0.421. The lowest BCUT2D eigenvalue weighted by Gasteiger charge is -2.28. The Morgan fingerprint density at radius 2 is 0.623 bits per heavy atom. The van der Waals surface area contributed by atoms with Crippen molar-refractivity contribution in [2.24, 2.45) is 11.5 Å². The molecule has 0 radical (unpaired) electrons. The predicted molar refractivity (Wildman–Crippen MR) is 273 cm³/mol. The van der Waals surface area contributed by atoms with Crippen molar-refractivity contribution in [1.29, 1.82) is 0 Å². The topological polar surface area (TPSA) is 209 Å². The Morgan fingerprint density at radius 1 is 0.391 bits per heavy atom. The number of ether oxygens (including phenoxy) is 10. The molecule has 0 saturated heterocycles. The van der Waals surface area contributed by atoms with Gasteiger partial charge >= 0.3 is 0 Å². The van der Waals surface area contributed by atoms with Gasteiger partial charge in [-0.05, 0) is 118 Å². The van der Waals surface area contributed by atoms with E-state index in [2.05, 4.69) is 38.3 Å². The molecule has 16 nitrogen and oxygen atoms in total. The van der Waals surface area contributed by atoms with Gasteiger partial charge in [0.1, 0.15) is 11.5 Å². The summed E-state index contributed by atoms with van der Waals surface area (Å²) in [6.45, 7) is 34.7. The van der Waals surface area contributed by atoms with Crippen LogP contribution in [0.2, 0.25) is 0 Å². The van der Waals surface area contributed by atoms with Gasteiger partial charge in [-0.15, -0.1) is 0 Å². The van der Waals surface area contributed by atoms with Crippen LogP contribution in [0, 0.1) is 0 Å². The zero-order chi connectivity index (χ0) is 51.5. The van der Waals surface area contributed by atoms with Gasteiger partial charge in [-0.2, -0.15) is 0 Å². The second-order valence-electron chi connectivity index (χ2n) is 19.8. The van der Waals surface area contributed by atoms with Gasteiger partial charge in [0.2, 0.25) is 0 Å². The molecule has 12 unspecified atom stereocenters. The lowest BCUT2D eigenvalue weighted by molar-refractivity contribution is -0.0956. The number of nitrogens with two attached hydrogens (primary N) is 2. The number of nitrogens with one attached hydrogen (secondary N) is 2. The van der Waals surface area contributed by atoms with Crippen LogP contribution in [0.3, 0.4) is 0 Å². The number of hydrogen-bond acceptors (Lipinski definition) is 16. The average molecular weight is 981 g/mol. The van der Waals surface area contributed by atoms with Crippen molar-refractivity contribution in [3.63, 3.8) is 0 Å². The fourth-order valence-electron chi connectivity index (χ4n) is 6.62. The third-order valence-electron chi connectivity index (χ3n) is 11.7. The highest BCUT2D eigenvalue weighted by atomic mass is 16.6. The van der Waals surface area contributed by atoms with E-state index in [1.54, 1.807) is 12.1 Å². The van der Waals surface area contributed by atoms with Crippen LogP contribution in [-0.2, 0) is 65.9 Å². The SMILES string of the molecule is CC(COC(C)COC(C)COC(C)COC(C)COC(C)CN)NCc1cc(C(C)(C)c2ccc(O)c(CNC(C)COC(C)COC(C)COC(C)COC(C)COC(C)CN)c2)ccc1O. The summed E-state index contributed by atoms with van der Waals surface area (Å²) in [4.78, 5) is 0. The van der Waals surface area contributed by atoms with Gasteiger partial charge in [0.25, 0.3) is 0 Å². The van der Waals surface area contributed by atoms with Crippen LogP contribution in [0.4, 0.5) is 0 Å². The molecule has 0 spiro atoms. The largest absolute Gasteiger partial charge is 0.508 e. The maximum atomic E-state index is 10.9. The van der Waals surface area contributed by atoms with Gasteiger partial charge in [-0.1, -0.05) is 26.0 Å². The molecule has 0 amide bonds. The molecule has 0 saturated carbocycles. The minimum absolute atomic E-state index is 0.0103. The van der Waals surface area contributed by atoms with E-state index < -0.39 is 5.41 Å². The number of phenolic OH excluding ortho intramolecular Hbond substituents is 2. The fraction of sp³-hybridized carbons (Fsp3) is 0.774. The van der Waals surface area contributed by atoms with E-state index in [0.717, 1.165) is 22.3 Å². The Bertz CT molecular complexity index is 1530. The maximum absolute atomic E-state index is 10.9. The van der Waals surface area contributed by atoms with Crippen LogP contribution in [-0.4, -0.2) is 162 Å². The smallest absolute Gasteiger partial charge is 0.120 e. The Labute approximate surface area is 416 Å². The van der Waals surface area contributed by atoms with Gasteiger partial charge in [0.15, 0.2) is 0 Å². The summed E-state index contributed by atoms with van der Waals surface area (Å²) in [5.74, 6) is 0.451. The van der Waals surface area contributed by atoms with Crippen molar-refractivity contribution in [1.82, 2.24) is 10.6 Å². The van der Waals surface area contributed by atoms with Gasteiger partial charge in [-0.25, -0.2) is 0 Å². The molecule has 12 atom stereocenters. The normalized spacial score (nSPS) is 17.6. The Morgan fingerprint density at radius 3 is 0.870 bits per heavy atom. The molecule has 16 heteroatoms. The van der Waals surface area contributed by atoms with E-state index in [9.17, 15) is 10.2 Å². The zero-order valence-electron chi connectivity index (χ0n) is 44.9. The monoisotopic (exact) mass is 981 g/mol. The third kappa shape index (κ3) is 26.7. The second-order valence-corrected chi connectivity index (χ2v) is 19.8. The zero-order valence-corrected chi connectivity index (χ0v) is 44.9. The molecule has 0 aliphatic carbocycles. The molecule has 0 aromatic heterocycles. The van der Waals surface area contributed by atoms with Crippen molar-refractivity contribution in [3.8, 4) is 11.5 Å². The summed E-state index contributed by atoms with van der Waals surface area (Å²) < 4.78 is 59.0. The average Bonchev–Trinajstić information content (AvgIpc) is 3.33. The molecule has 0 fully saturated rings. The maximum Gasteiger partial charge on any atom is 0.120 e. The molecular weight excluding hydrogens is 885 g/mol. The summed E-state index contributed by atoms with van der Waals surface area (Å²) in [7, 11) is 0. The summed E-state index contributed by atoms with van der Waals surface area (Å²) >= 11 is 0. The minimum Gasteiger partial charge on any atom is -0.508 e. The van der Waals surface area contributed by atoms with Gasteiger partial charge in [-0.3, -0.25) is 0 Å². The first kappa shape index (κ1) is 62.6. The van der Waals surface area contributed by atoms with E-state index in [1.807, 2.05) is 93.5 Å². The van der Waals surface area contributed by atoms with Crippen LogP contribution in [0.5, 0.6) is 11.5 Å². The van der Waals surface area contributed by atoms with E-state index in [0.29, 0.717) is 92.2 Å². The first-order valence-corrected chi connectivity index (χ1v) is 25.3. The highest BCUT2D eigenvalue weighted by Gasteiger charge is 2.26. The van der Waals surface area contributed by atoms with Crippen LogP contribution < -0.4 is 22.1 Å². The van der Waals surface area contributed by atoms with Gasteiger partial charge in [0, 0.05) is 54.8 Å². The summed E-state index contributed by atoms with van der Waals surface area (Å²) in [5, 5.41) is 28.7. The number of rotatable bonds is 40. The van der Waals surface area contributed by atoms with Crippen LogP contribution in [0.15, 0.2) is 36.4 Å². The molecule has 0 aliphatic rings. The third-order valence-corrected chi connectivity index (χ3v) is 11.7. The lowest BCUT2D eigenvalue weighted by Crippen LogP contribution is -2.33. The van der Waals surface area contributed by atoms with E-state index >= 15 is 0 Å². The highest BCUT2D eigenvalue weighted by molar-refractivity contribution is 5.47. The number of hydrogen-bond donors (Lipinski definition) is 6. The first-order valence-electron chi connectivity index (χ1n) is 25.3. The van der Waals surface area contributed by atoms with E-state index in [4.69, 9.17) is 58.8 Å². The number of benzene rings is 2. The van der Waals surface area contributed by atoms with Crippen molar-refractivity contribution in [2.75, 3.05) is 79.2 Å². The number of aromatic hydroxyl groups is 2. The second kappa shape index (κ2) is 34.0. The molecule has 8 N–H and O–H groups in total. The van der Waals surface area contributed by atoms with Gasteiger partial charge in [0.05, 0.1) is 127 Å². The quantitative estimate of drug-likeness (QED) is 0.0430. The molecule has 400 valence electrons. The lowest BCUT2D eigenvalue weighted by atomic mass is 9.77. The molecular formula is C53H96N4O12. The Hall–Kier alpha value is -2.52. The van der Waals surface area contributed by atoms with Crippen LogP contribution >= 0.6 is 0 Å². The van der Waals surface area contributed by atoms with Crippen molar-refractivity contribution < 1.29 is 57.6 Å². The predicted octanol–water partition coefficient (Wildman–Crippen LogP) is 6.35. The van der Waals surface area contributed by atoms with Gasteiger partial charge < -0.3 is 79.7 Å². The van der Waals surface area contributed by atoms with E-state index in [-0.39, 0.29) is 84.6 Å². The van der Waals surface area contributed by atoms with E-state index in [1.165, 1.54) is 0 Å². The van der Waals surface area contributed by atoms with Crippen molar-refractivity contribution >= 4 is 0 Å². The Kier molecular flexibility index (Phi) is 30.8. The summed E-state index contributed by atoms with van der Waals surface area (Å²) in [6, 6.07) is 11.6. The molecule has 2 rings (SSSR count). The van der Waals surface area contributed by atoms with Crippen LogP contribution in [0.25, 0.3) is 0 Å². The molecule has 69 heavy (non-hydrogen) atoms. The molecule has 0 bridgehead atoms. The summed E-state index contributed by atoms with van der Waals surface area (Å²) in [6.07, 6.45) is -0.652. The molecule has 0 aliphatic heterocycles. The first-order chi connectivity index (χ1) is 32.6.